The molecule has 0 saturated carbocycles. The number of hydrogen-bond acceptors (Lipinski definition) is 5. The van der Waals surface area contributed by atoms with Crippen molar-refractivity contribution < 1.29 is 9.72 Å². The molecule has 0 unspecified atom stereocenters. The highest BCUT2D eigenvalue weighted by Gasteiger charge is 2.39. The van der Waals surface area contributed by atoms with Crippen LogP contribution in [0.15, 0.2) is 77.2 Å². The summed E-state index contributed by atoms with van der Waals surface area (Å²) < 4.78 is 0. The van der Waals surface area contributed by atoms with Gasteiger partial charge in [-0.15, -0.1) is 11.8 Å². The van der Waals surface area contributed by atoms with Crippen LogP contribution in [0.3, 0.4) is 0 Å². The number of halogens is 1. The molecule has 0 bridgehead atoms. The van der Waals surface area contributed by atoms with Crippen LogP contribution in [-0.4, -0.2) is 10.7 Å². The number of non-ortho nitro benzene ring substituents is 1. The van der Waals surface area contributed by atoms with E-state index < -0.39 is 10.2 Å². The Morgan fingerprint density at radius 2 is 1.72 bits per heavy atom. The van der Waals surface area contributed by atoms with E-state index in [9.17, 15) is 14.9 Å². The first kappa shape index (κ1) is 18.0. The molecular formula is C22H13ClN2O3S. The number of Topliss-reactive ketones (excluding diaryl/α,β-unsaturated/α-hetero) is 1. The van der Waals surface area contributed by atoms with Gasteiger partial charge < -0.3 is 5.32 Å². The van der Waals surface area contributed by atoms with Crippen molar-refractivity contribution in [2.75, 3.05) is 5.32 Å². The summed E-state index contributed by atoms with van der Waals surface area (Å²) in [7, 11) is 0. The Morgan fingerprint density at radius 3 is 2.52 bits per heavy atom. The third kappa shape index (κ3) is 2.84. The lowest BCUT2D eigenvalue weighted by Gasteiger charge is -2.18. The summed E-state index contributed by atoms with van der Waals surface area (Å²) in [5.41, 5.74) is 4.13. The maximum atomic E-state index is 13.4. The molecule has 1 aliphatic carbocycles. The fourth-order valence-electron chi connectivity index (χ4n) is 3.75. The molecular weight excluding hydrogens is 408 g/mol. The molecule has 0 aromatic heterocycles. The zero-order valence-corrected chi connectivity index (χ0v) is 16.5. The largest absolute Gasteiger partial charge is 0.354 e. The van der Waals surface area contributed by atoms with E-state index in [1.165, 1.54) is 30.0 Å². The lowest BCUT2D eigenvalue weighted by Crippen LogP contribution is -2.08. The molecule has 2 aliphatic rings. The number of rotatable bonds is 2. The molecule has 142 valence electrons. The van der Waals surface area contributed by atoms with Gasteiger partial charge in [0.2, 0.25) is 0 Å². The van der Waals surface area contributed by atoms with Crippen molar-refractivity contribution in [3.8, 4) is 0 Å². The predicted molar refractivity (Wildman–Crippen MR) is 114 cm³/mol. The molecule has 0 fully saturated rings. The number of carbonyl (C=O) groups excluding carboxylic acids is 1. The SMILES string of the molecule is O=C1C2=C(Nc3ccccc3S[C@@H]2c2cc([N+](=O)[O-])ccc2Cl)c2ccccc21. The van der Waals surface area contributed by atoms with Crippen molar-refractivity contribution in [1.29, 1.82) is 0 Å². The number of anilines is 1. The minimum Gasteiger partial charge on any atom is -0.354 e. The van der Waals surface area contributed by atoms with Gasteiger partial charge >= 0.3 is 0 Å². The van der Waals surface area contributed by atoms with E-state index >= 15 is 0 Å². The molecule has 29 heavy (non-hydrogen) atoms. The quantitative estimate of drug-likeness (QED) is 0.399. The molecule has 1 heterocycles. The van der Waals surface area contributed by atoms with Crippen LogP contribution in [0.5, 0.6) is 0 Å². The van der Waals surface area contributed by atoms with Gasteiger partial charge in [0.1, 0.15) is 0 Å². The Morgan fingerprint density at radius 1 is 1.00 bits per heavy atom. The van der Waals surface area contributed by atoms with E-state index in [0.29, 0.717) is 21.7 Å². The van der Waals surface area contributed by atoms with Crippen molar-refractivity contribution in [3.63, 3.8) is 0 Å². The number of fused-ring (bicyclic) bond motifs is 3. The number of hydrogen-bond donors (Lipinski definition) is 1. The number of nitro groups is 1. The zero-order valence-electron chi connectivity index (χ0n) is 14.9. The molecule has 3 aromatic rings. The number of nitrogens with zero attached hydrogens (tertiary/aromatic N) is 1. The highest BCUT2D eigenvalue weighted by molar-refractivity contribution is 8.00. The van der Waals surface area contributed by atoms with Gasteiger partial charge in [0.25, 0.3) is 5.69 Å². The molecule has 7 heteroatoms. The zero-order chi connectivity index (χ0) is 20.1. The number of benzene rings is 3. The molecule has 0 spiro atoms. The standard InChI is InChI=1S/C22H13ClN2O3S/c23-16-10-9-12(25(27)28)11-15(16)22-19-20(13-5-1-2-6-14(13)21(19)26)24-17-7-3-4-8-18(17)29-22/h1-11,22,24H/t22-/m1/s1. The van der Waals surface area contributed by atoms with Gasteiger partial charge in [-0.25, -0.2) is 0 Å². The van der Waals surface area contributed by atoms with Crippen molar-refractivity contribution in [2.24, 2.45) is 0 Å². The van der Waals surface area contributed by atoms with Crippen LogP contribution in [0.4, 0.5) is 11.4 Å². The molecule has 0 saturated heterocycles. The fourth-order valence-corrected chi connectivity index (χ4v) is 5.36. The smallest absolute Gasteiger partial charge is 0.269 e. The van der Waals surface area contributed by atoms with Crippen LogP contribution in [0.2, 0.25) is 5.02 Å². The molecule has 0 amide bonds. The Balaban J connectivity index is 1.77. The first-order chi connectivity index (χ1) is 14.0. The van der Waals surface area contributed by atoms with Crippen molar-refractivity contribution in [2.45, 2.75) is 10.1 Å². The Hall–Kier alpha value is -3.09. The highest BCUT2D eigenvalue weighted by atomic mass is 35.5. The predicted octanol–water partition coefficient (Wildman–Crippen LogP) is 6.11. The molecule has 3 aromatic carbocycles. The summed E-state index contributed by atoms with van der Waals surface area (Å²) >= 11 is 7.94. The second-order valence-electron chi connectivity index (χ2n) is 6.75. The summed E-state index contributed by atoms with van der Waals surface area (Å²) in [6, 6.07) is 19.6. The summed E-state index contributed by atoms with van der Waals surface area (Å²) in [6.45, 7) is 0. The Labute approximate surface area is 175 Å². The van der Waals surface area contributed by atoms with Crippen molar-refractivity contribution >= 4 is 46.2 Å². The number of nitro benzene ring substituents is 1. The Bertz CT molecular complexity index is 1240. The molecule has 5 nitrogen and oxygen atoms in total. The minimum atomic E-state index is -0.478. The number of ketones is 1. The summed E-state index contributed by atoms with van der Waals surface area (Å²) in [4.78, 5) is 25.2. The van der Waals surface area contributed by atoms with Crippen LogP contribution in [-0.2, 0) is 0 Å². The number of carbonyl (C=O) groups is 1. The highest BCUT2D eigenvalue weighted by Crippen LogP contribution is 2.53. The van der Waals surface area contributed by atoms with Gasteiger partial charge in [0.05, 0.1) is 21.6 Å². The van der Waals surface area contributed by atoms with Crippen LogP contribution in [0.1, 0.15) is 26.7 Å². The lowest BCUT2D eigenvalue weighted by atomic mass is 10.00. The number of para-hydroxylation sites is 1. The van der Waals surface area contributed by atoms with Crippen LogP contribution in [0, 0.1) is 10.1 Å². The molecule has 1 N–H and O–H groups in total. The van der Waals surface area contributed by atoms with E-state index in [-0.39, 0.29) is 11.5 Å². The van der Waals surface area contributed by atoms with Gasteiger partial charge in [0.15, 0.2) is 5.78 Å². The Kier molecular flexibility index (Phi) is 4.19. The average Bonchev–Trinajstić information content (AvgIpc) is 2.89. The molecule has 0 radical (unpaired) electrons. The van der Waals surface area contributed by atoms with Crippen molar-refractivity contribution in [1.82, 2.24) is 0 Å². The molecule has 1 aliphatic heterocycles. The van der Waals surface area contributed by atoms with Crippen LogP contribution >= 0.6 is 23.4 Å². The second-order valence-corrected chi connectivity index (χ2v) is 8.30. The third-order valence-electron chi connectivity index (χ3n) is 5.08. The van der Waals surface area contributed by atoms with Crippen LogP contribution in [0.25, 0.3) is 5.70 Å². The molecule has 5 rings (SSSR count). The normalized spacial score (nSPS) is 17.1. The summed E-state index contributed by atoms with van der Waals surface area (Å²) in [6.07, 6.45) is 0. The lowest BCUT2D eigenvalue weighted by molar-refractivity contribution is -0.384. The third-order valence-corrected chi connectivity index (χ3v) is 6.76. The number of thioether (sulfide) groups is 1. The van der Waals surface area contributed by atoms with E-state index in [0.717, 1.165) is 21.8 Å². The number of nitrogens with one attached hydrogen (secondary N) is 1. The van der Waals surface area contributed by atoms with E-state index in [1.54, 1.807) is 6.07 Å². The van der Waals surface area contributed by atoms with E-state index in [2.05, 4.69) is 5.32 Å². The topological polar surface area (TPSA) is 72.2 Å². The van der Waals surface area contributed by atoms with Gasteiger partial charge in [-0.2, -0.15) is 0 Å². The summed E-state index contributed by atoms with van der Waals surface area (Å²) in [5, 5.41) is 14.7. The van der Waals surface area contributed by atoms with Crippen molar-refractivity contribution in [3.05, 3.63) is 104 Å². The maximum absolute atomic E-state index is 13.4. The van der Waals surface area contributed by atoms with E-state index in [1.807, 2.05) is 42.5 Å². The average molecular weight is 421 g/mol. The maximum Gasteiger partial charge on any atom is 0.269 e. The molecule has 1 atom stereocenters. The van der Waals surface area contributed by atoms with E-state index in [4.69, 9.17) is 11.6 Å². The monoisotopic (exact) mass is 420 g/mol. The van der Waals surface area contributed by atoms with Gasteiger partial charge in [-0.1, -0.05) is 48.0 Å². The van der Waals surface area contributed by atoms with Gasteiger partial charge in [-0.3, -0.25) is 14.9 Å². The van der Waals surface area contributed by atoms with Gasteiger partial charge in [0, 0.05) is 38.8 Å². The minimum absolute atomic E-state index is 0.0550. The first-order valence-electron chi connectivity index (χ1n) is 8.89. The summed E-state index contributed by atoms with van der Waals surface area (Å²) in [5.74, 6) is -0.0871. The first-order valence-corrected chi connectivity index (χ1v) is 10.1. The fraction of sp³-hybridized carbons (Fsp3) is 0.0455. The van der Waals surface area contributed by atoms with Crippen LogP contribution < -0.4 is 5.32 Å². The second kappa shape index (κ2) is 6.76. The van der Waals surface area contributed by atoms with Gasteiger partial charge in [-0.05, 0) is 23.8 Å².